The van der Waals surface area contributed by atoms with E-state index in [2.05, 4.69) is 4.98 Å². The summed E-state index contributed by atoms with van der Waals surface area (Å²) in [5, 5.41) is 0. The number of ketones is 1. The second-order valence-corrected chi connectivity index (χ2v) is 4.25. The Kier molecular flexibility index (Phi) is 4.87. The molecule has 0 aliphatic heterocycles. The van der Waals surface area contributed by atoms with Crippen molar-refractivity contribution < 1.29 is 9.53 Å². The topological polar surface area (TPSA) is 44.1 Å². The number of rotatable bonds is 7. The highest BCUT2D eigenvalue weighted by atomic mass is 16.5. The Hall–Kier alpha value is -1.16. The van der Waals surface area contributed by atoms with Gasteiger partial charge in [-0.1, -0.05) is 6.92 Å². The fourth-order valence-electron chi connectivity index (χ4n) is 1.82. The van der Waals surface area contributed by atoms with Crippen molar-refractivity contribution >= 4 is 5.78 Å². The summed E-state index contributed by atoms with van der Waals surface area (Å²) < 4.78 is 7.56. The zero-order chi connectivity index (χ0) is 12.9. The molecule has 0 saturated heterocycles. The van der Waals surface area contributed by atoms with Crippen LogP contribution in [0.5, 0.6) is 0 Å². The van der Waals surface area contributed by atoms with Gasteiger partial charge in [-0.3, -0.25) is 4.79 Å². The maximum absolute atomic E-state index is 12.2. The van der Waals surface area contributed by atoms with Gasteiger partial charge in [-0.15, -0.1) is 0 Å². The van der Waals surface area contributed by atoms with Crippen molar-refractivity contribution in [3.05, 3.63) is 18.2 Å². The van der Waals surface area contributed by atoms with E-state index in [9.17, 15) is 4.79 Å². The number of hydrogen-bond acceptors (Lipinski definition) is 3. The lowest BCUT2D eigenvalue weighted by molar-refractivity contribution is -0.141. The first-order chi connectivity index (χ1) is 8.07. The minimum absolute atomic E-state index is 0.0998. The summed E-state index contributed by atoms with van der Waals surface area (Å²) in [5.41, 5.74) is -0.681. The SMILES string of the molecule is CCOC(C)(CC)C(=O)Cc1nccn1CC. The molecule has 0 aromatic carbocycles. The average Bonchev–Trinajstić information content (AvgIpc) is 2.76. The number of imidazole rings is 1. The van der Waals surface area contributed by atoms with Crippen molar-refractivity contribution in [2.24, 2.45) is 0 Å². The minimum atomic E-state index is -0.681. The molecule has 1 aromatic heterocycles. The Morgan fingerprint density at radius 1 is 1.47 bits per heavy atom. The molecule has 1 aromatic rings. The molecule has 1 atom stereocenters. The van der Waals surface area contributed by atoms with Crippen molar-refractivity contribution in [1.29, 1.82) is 0 Å². The zero-order valence-corrected chi connectivity index (χ0v) is 11.2. The van der Waals surface area contributed by atoms with Gasteiger partial charge in [-0.25, -0.2) is 4.98 Å². The van der Waals surface area contributed by atoms with Crippen LogP contribution in [0.4, 0.5) is 0 Å². The van der Waals surface area contributed by atoms with Gasteiger partial charge in [-0.2, -0.15) is 0 Å². The smallest absolute Gasteiger partial charge is 0.171 e. The Morgan fingerprint density at radius 3 is 2.71 bits per heavy atom. The number of aryl methyl sites for hydroxylation is 1. The Balaban J connectivity index is 2.77. The first kappa shape index (κ1) is 13.9. The van der Waals surface area contributed by atoms with E-state index in [0.29, 0.717) is 19.4 Å². The van der Waals surface area contributed by atoms with Crippen molar-refractivity contribution in [3.8, 4) is 0 Å². The van der Waals surface area contributed by atoms with E-state index in [1.807, 2.05) is 38.5 Å². The first-order valence-electron chi connectivity index (χ1n) is 6.24. The normalized spacial score (nSPS) is 14.6. The largest absolute Gasteiger partial charge is 0.368 e. The molecule has 4 heteroatoms. The van der Waals surface area contributed by atoms with E-state index in [4.69, 9.17) is 4.74 Å². The average molecular weight is 238 g/mol. The summed E-state index contributed by atoms with van der Waals surface area (Å²) in [7, 11) is 0. The van der Waals surface area contributed by atoms with Crippen molar-refractivity contribution in [1.82, 2.24) is 9.55 Å². The van der Waals surface area contributed by atoms with Gasteiger partial charge in [0, 0.05) is 25.5 Å². The molecular weight excluding hydrogens is 216 g/mol. The summed E-state index contributed by atoms with van der Waals surface area (Å²) in [5.74, 6) is 0.916. The molecule has 4 nitrogen and oxygen atoms in total. The standard InChI is InChI=1S/C13H22N2O2/c1-5-13(4,17-7-3)11(16)10-12-14-8-9-15(12)6-2/h8-9H,5-7,10H2,1-4H3. The number of ether oxygens (including phenoxy) is 1. The summed E-state index contributed by atoms with van der Waals surface area (Å²) in [6.07, 6.45) is 4.65. The van der Waals surface area contributed by atoms with Crippen molar-refractivity contribution in [2.45, 2.75) is 52.7 Å². The Morgan fingerprint density at radius 2 is 2.18 bits per heavy atom. The number of carbonyl (C=O) groups excluding carboxylic acids is 1. The van der Waals surface area contributed by atoms with Gasteiger partial charge in [0.15, 0.2) is 5.78 Å². The van der Waals surface area contributed by atoms with Crippen LogP contribution in [0.25, 0.3) is 0 Å². The van der Waals surface area contributed by atoms with Crippen LogP contribution in [-0.4, -0.2) is 27.5 Å². The predicted octanol–water partition coefficient (Wildman–Crippen LogP) is 2.22. The molecule has 1 heterocycles. The van der Waals surface area contributed by atoms with Gasteiger partial charge >= 0.3 is 0 Å². The van der Waals surface area contributed by atoms with E-state index >= 15 is 0 Å². The highest BCUT2D eigenvalue weighted by Crippen LogP contribution is 2.18. The van der Waals surface area contributed by atoms with Crippen molar-refractivity contribution in [3.63, 3.8) is 0 Å². The molecule has 0 radical (unpaired) electrons. The molecule has 0 saturated carbocycles. The molecule has 0 aliphatic carbocycles. The highest BCUT2D eigenvalue weighted by Gasteiger charge is 2.32. The molecule has 0 N–H and O–H groups in total. The Labute approximate surface area is 103 Å². The van der Waals surface area contributed by atoms with Crippen LogP contribution in [0.1, 0.15) is 39.9 Å². The lowest BCUT2D eigenvalue weighted by atomic mass is 9.95. The maximum atomic E-state index is 12.2. The van der Waals surface area contributed by atoms with E-state index in [0.717, 1.165) is 12.4 Å². The molecule has 0 bridgehead atoms. The van der Waals surface area contributed by atoms with Gasteiger partial charge in [0.25, 0.3) is 0 Å². The number of Topliss-reactive ketones (excluding diaryl/α,β-unsaturated/α-hetero) is 1. The van der Waals surface area contributed by atoms with E-state index in [-0.39, 0.29) is 5.78 Å². The highest BCUT2D eigenvalue weighted by molar-refractivity contribution is 5.88. The number of nitrogens with zero attached hydrogens (tertiary/aromatic N) is 2. The summed E-state index contributed by atoms with van der Waals surface area (Å²) in [6.45, 7) is 9.17. The summed E-state index contributed by atoms with van der Waals surface area (Å²) in [4.78, 5) is 16.5. The molecule has 0 spiro atoms. The molecule has 0 amide bonds. The molecule has 0 fully saturated rings. The lowest BCUT2D eigenvalue weighted by Crippen LogP contribution is -2.39. The fourth-order valence-corrected chi connectivity index (χ4v) is 1.82. The third-order valence-corrected chi connectivity index (χ3v) is 3.19. The number of aromatic nitrogens is 2. The first-order valence-corrected chi connectivity index (χ1v) is 6.24. The number of hydrogen-bond donors (Lipinski definition) is 0. The second kappa shape index (κ2) is 5.96. The van der Waals surface area contributed by atoms with Gasteiger partial charge in [-0.05, 0) is 27.2 Å². The zero-order valence-electron chi connectivity index (χ0n) is 11.2. The van der Waals surface area contributed by atoms with Crippen LogP contribution in [-0.2, 0) is 22.5 Å². The van der Waals surface area contributed by atoms with Gasteiger partial charge in [0.05, 0.1) is 6.42 Å². The van der Waals surface area contributed by atoms with Crippen LogP contribution < -0.4 is 0 Å². The molecule has 96 valence electrons. The molecule has 17 heavy (non-hydrogen) atoms. The monoisotopic (exact) mass is 238 g/mol. The van der Waals surface area contributed by atoms with Gasteiger partial charge in [0.2, 0.25) is 0 Å². The summed E-state index contributed by atoms with van der Waals surface area (Å²) in [6, 6.07) is 0. The van der Waals surface area contributed by atoms with Crippen LogP contribution in [0.15, 0.2) is 12.4 Å². The maximum Gasteiger partial charge on any atom is 0.171 e. The summed E-state index contributed by atoms with van der Waals surface area (Å²) >= 11 is 0. The van der Waals surface area contributed by atoms with Crippen LogP contribution in [0.3, 0.4) is 0 Å². The molecule has 1 unspecified atom stereocenters. The molecule has 0 aliphatic rings. The minimum Gasteiger partial charge on any atom is -0.368 e. The van der Waals surface area contributed by atoms with Crippen LogP contribution in [0, 0.1) is 0 Å². The lowest BCUT2D eigenvalue weighted by Gasteiger charge is -2.26. The fraction of sp³-hybridized carbons (Fsp3) is 0.692. The van der Waals surface area contributed by atoms with Crippen LogP contribution >= 0.6 is 0 Å². The predicted molar refractivity (Wildman–Crippen MR) is 66.9 cm³/mol. The third-order valence-electron chi connectivity index (χ3n) is 3.19. The van der Waals surface area contributed by atoms with Crippen LogP contribution in [0.2, 0.25) is 0 Å². The van der Waals surface area contributed by atoms with Gasteiger partial charge in [0.1, 0.15) is 11.4 Å². The third kappa shape index (κ3) is 3.16. The number of carbonyl (C=O) groups is 1. The van der Waals surface area contributed by atoms with Crippen molar-refractivity contribution in [2.75, 3.05) is 6.61 Å². The van der Waals surface area contributed by atoms with E-state index in [1.165, 1.54) is 0 Å². The molecular formula is C13H22N2O2. The van der Waals surface area contributed by atoms with E-state index in [1.54, 1.807) is 6.20 Å². The second-order valence-electron chi connectivity index (χ2n) is 4.25. The van der Waals surface area contributed by atoms with E-state index < -0.39 is 5.60 Å². The Bertz CT molecular complexity index is 373. The quantitative estimate of drug-likeness (QED) is 0.731. The molecule has 1 rings (SSSR count). The van der Waals surface area contributed by atoms with Gasteiger partial charge < -0.3 is 9.30 Å².